The number of nitrogens with zero attached hydrogens (tertiary/aromatic N) is 1. The van der Waals surface area contributed by atoms with Crippen molar-refractivity contribution in [2.75, 3.05) is 0 Å². The summed E-state index contributed by atoms with van der Waals surface area (Å²) >= 11 is 0. The van der Waals surface area contributed by atoms with Crippen LogP contribution < -0.4 is 0 Å². The molecule has 4 aliphatic rings. The Morgan fingerprint density at radius 2 is 1.92 bits per heavy atom. The molecule has 3 saturated carbocycles. The van der Waals surface area contributed by atoms with Gasteiger partial charge in [-0.1, -0.05) is 19.4 Å². The van der Waals surface area contributed by atoms with Crippen molar-refractivity contribution in [1.29, 1.82) is 5.26 Å². The van der Waals surface area contributed by atoms with E-state index in [0.29, 0.717) is 24.2 Å². The monoisotopic (exact) mass is 327 g/mol. The molecule has 0 aliphatic heterocycles. The summed E-state index contributed by atoms with van der Waals surface area (Å²) in [5.41, 5.74) is 2.33. The van der Waals surface area contributed by atoms with E-state index >= 15 is 0 Å². The maximum absolute atomic E-state index is 12.5. The van der Waals surface area contributed by atoms with E-state index in [2.05, 4.69) is 19.9 Å². The Labute approximate surface area is 145 Å². The molecule has 0 aromatic carbocycles. The lowest BCUT2D eigenvalue weighted by Crippen LogP contribution is -2.52. The molecule has 7 atom stereocenters. The van der Waals surface area contributed by atoms with E-state index in [9.17, 15) is 15.2 Å². The standard InChI is InChI=1S/C21H29NO2/c1-12-15-5-4-14-16-6-7-18(23)20(16,2)9-8-17(14)21(15,3)10-13(11-22)19(12)24/h13-14,16-18,23H,4-10H2,1-3H3/t13?,14-,16-,17+,18?,20-,21-/m0/s1. The Bertz CT molecular complexity index is 659. The third-order valence-corrected chi connectivity index (χ3v) is 8.55. The Morgan fingerprint density at radius 3 is 2.62 bits per heavy atom. The van der Waals surface area contributed by atoms with Gasteiger partial charge in [-0.3, -0.25) is 4.79 Å². The van der Waals surface area contributed by atoms with E-state index in [4.69, 9.17) is 0 Å². The number of hydrogen-bond acceptors (Lipinski definition) is 3. The molecule has 0 aromatic rings. The van der Waals surface area contributed by atoms with Gasteiger partial charge in [-0.05, 0) is 86.0 Å². The summed E-state index contributed by atoms with van der Waals surface area (Å²) in [7, 11) is 0. The van der Waals surface area contributed by atoms with E-state index < -0.39 is 5.92 Å². The Kier molecular flexibility index (Phi) is 3.52. The van der Waals surface area contributed by atoms with Gasteiger partial charge in [0, 0.05) is 0 Å². The molecular weight excluding hydrogens is 298 g/mol. The fraction of sp³-hybridized carbons (Fsp3) is 0.810. The Balaban J connectivity index is 1.74. The molecule has 4 rings (SSSR count). The summed E-state index contributed by atoms with van der Waals surface area (Å²) in [6.45, 7) is 6.58. The number of nitriles is 1. The summed E-state index contributed by atoms with van der Waals surface area (Å²) in [5, 5.41) is 20.0. The van der Waals surface area contributed by atoms with Crippen LogP contribution in [0.15, 0.2) is 11.1 Å². The second kappa shape index (κ2) is 5.18. The van der Waals surface area contributed by atoms with Crippen molar-refractivity contribution < 1.29 is 9.90 Å². The van der Waals surface area contributed by atoms with Crippen molar-refractivity contribution in [3.05, 3.63) is 11.1 Å². The van der Waals surface area contributed by atoms with E-state index in [-0.39, 0.29) is 22.7 Å². The zero-order valence-corrected chi connectivity index (χ0v) is 15.1. The molecule has 3 heteroatoms. The SMILES string of the molecule is CC1=C2CC[C@@H]3[C@@H](CC[C@]4(C)C(O)CC[C@@H]34)[C@@]2(C)CC(C#N)C1=O. The number of carbonyl (C=O) groups is 1. The lowest BCUT2D eigenvalue weighted by atomic mass is 9.46. The van der Waals surface area contributed by atoms with Gasteiger partial charge in [0.15, 0.2) is 5.78 Å². The minimum Gasteiger partial charge on any atom is -0.393 e. The number of carbonyl (C=O) groups excluding carboxylic acids is 1. The van der Waals surface area contributed by atoms with E-state index in [1.54, 1.807) is 0 Å². The van der Waals surface area contributed by atoms with Crippen LogP contribution in [-0.4, -0.2) is 17.0 Å². The molecule has 3 nitrogen and oxygen atoms in total. The summed E-state index contributed by atoms with van der Waals surface area (Å²) in [6, 6.07) is 2.27. The zero-order valence-electron chi connectivity index (χ0n) is 15.1. The van der Waals surface area contributed by atoms with Crippen LogP contribution in [0.5, 0.6) is 0 Å². The quantitative estimate of drug-likeness (QED) is 0.731. The molecular formula is C21H29NO2. The number of aliphatic hydroxyl groups is 1. The minimum atomic E-state index is -0.458. The number of hydrogen-bond donors (Lipinski definition) is 1. The number of aliphatic hydroxyl groups excluding tert-OH is 1. The largest absolute Gasteiger partial charge is 0.393 e. The van der Waals surface area contributed by atoms with Gasteiger partial charge in [0.05, 0.1) is 12.2 Å². The number of Topliss-reactive ketones (excluding diaryl/α,β-unsaturated/α-hetero) is 1. The summed E-state index contributed by atoms with van der Waals surface area (Å²) in [6.07, 6.45) is 7.05. The van der Waals surface area contributed by atoms with Crippen molar-refractivity contribution >= 4 is 5.78 Å². The highest BCUT2D eigenvalue weighted by atomic mass is 16.3. The molecule has 0 amide bonds. The van der Waals surface area contributed by atoms with Gasteiger partial charge < -0.3 is 5.11 Å². The molecule has 1 N–H and O–H groups in total. The second-order valence-electron chi connectivity index (χ2n) is 9.32. The number of allylic oxidation sites excluding steroid dienone is 1. The van der Waals surface area contributed by atoms with E-state index in [1.807, 2.05) is 6.92 Å². The maximum Gasteiger partial charge on any atom is 0.175 e. The molecule has 24 heavy (non-hydrogen) atoms. The van der Waals surface area contributed by atoms with Crippen LogP contribution in [0.1, 0.15) is 65.7 Å². The van der Waals surface area contributed by atoms with Crippen molar-refractivity contribution in [1.82, 2.24) is 0 Å². The molecule has 0 radical (unpaired) electrons. The van der Waals surface area contributed by atoms with Crippen LogP contribution >= 0.6 is 0 Å². The zero-order chi connectivity index (χ0) is 17.3. The third-order valence-electron chi connectivity index (χ3n) is 8.55. The van der Waals surface area contributed by atoms with Crippen LogP contribution in [0.3, 0.4) is 0 Å². The molecule has 0 aromatic heterocycles. The van der Waals surface area contributed by atoms with Crippen LogP contribution in [0.25, 0.3) is 0 Å². The first kappa shape index (κ1) is 16.3. The van der Waals surface area contributed by atoms with Crippen molar-refractivity contribution in [2.24, 2.45) is 34.5 Å². The maximum atomic E-state index is 12.5. The van der Waals surface area contributed by atoms with E-state index in [0.717, 1.165) is 44.1 Å². The first-order valence-electron chi connectivity index (χ1n) is 9.65. The van der Waals surface area contributed by atoms with Gasteiger partial charge in [0.2, 0.25) is 0 Å². The topological polar surface area (TPSA) is 61.1 Å². The first-order chi connectivity index (χ1) is 11.3. The van der Waals surface area contributed by atoms with Crippen LogP contribution in [0, 0.1) is 45.8 Å². The average Bonchev–Trinajstić information content (AvgIpc) is 2.86. The number of rotatable bonds is 0. The molecule has 0 bridgehead atoms. The van der Waals surface area contributed by atoms with E-state index in [1.165, 1.54) is 5.57 Å². The Hall–Kier alpha value is -1.14. The normalized spacial score (nSPS) is 50.8. The van der Waals surface area contributed by atoms with Crippen LogP contribution in [-0.2, 0) is 4.79 Å². The molecule has 3 fully saturated rings. The smallest absolute Gasteiger partial charge is 0.175 e. The summed E-state index contributed by atoms with van der Waals surface area (Å²) < 4.78 is 0. The second-order valence-corrected chi connectivity index (χ2v) is 9.32. The fourth-order valence-electron chi connectivity index (χ4n) is 7.20. The van der Waals surface area contributed by atoms with Gasteiger partial charge in [-0.15, -0.1) is 0 Å². The molecule has 4 aliphatic carbocycles. The van der Waals surface area contributed by atoms with Crippen LogP contribution in [0.4, 0.5) is 0 Å². The lowest BCUT2D eigenvalue weighted by molar-refractivity contribution is -0.122. The highest BCUT2D eigenvalue weighted by molar-refractivity contribution is 6.00. The molecule has 0 spiro atoms. The number of fused-ring (bicyclic) bond motifs is 5. The summed E-state index contributed by atoms with van der Waals surface area (Å²) in [4.78, 5) is 12.5. The van der Waals surface area contributed by atoms with Gasteiger partial charge in [-0.2, -0.15) is 5.26 Å². The van der Waals surface area contributed by atoms with Gasteiger partial charge in [-0.25, -0.2) is 0 Å². The minimum absolute atomic E-state index is 0.0101. The molecule has 0 saturated heterocycles. The Morgan fingerprint density at radius 1 is 1.17 bits per heavy atom. The van der Waals surface area contributed by atoms with Crippen molar-refractivity contribution in [2.45, 2.75) is 71.8 Å². The predicted octanol–water partition coefficient (Wildman–Crippen LogP) is 4.02. The highest BCUT2D eigenvalue weighted by Crippen LogP contribution is 2.66. The third kappa shape index (κ3) is 1.90. The van der Waals surface area contributed by atoms with Crippen molar-refractivity contribution in [3.63, 3.8) is 0 Å². The van der Waals surface area contributed by atoms with Gasteiger partial charge in [0.1, 0.15) is 5.92 Å². The molecule has 130 valence electrons. The predicted molar refractivity (Wildman–Crippen MR) is 91.8 cm³/mol. The first-order valence-corrected chi connectivity index (χ1v) is 9.65. The average molecular weight is 327 g/mol. The van der Waals surface area contributed by atoms with Gasteiger partial charge in [0.25, 0.3) is 0 Å². The molecule has 0 heterocycles. The lowest BCUT2D eigenvalue weighted by Gasteiger charge is -2.58. The highest BCUT2D eigenvalue weighted by Gasteiger charge is 2.60. The fourth-order valence-corrected chi connectivity index (χ4v) is 7.20. The van der Waals surface area contributed by atoms with Gasteiger partial charge >= 0.3 is 0 Å². The number of ketones is 1. The van der Waals surface area contributed by atoms with Crippen molar-refractivity contribution in [3.8, 4) is 6.07 Å². The van der Waals surface area contributed by atoms with Crippen LogP contribution in [0.2, 0.25) is 0 Å². The molecule has 2 unspecified atom stereocenters. The summed E-state index contributed by atoms with van der Waals surface area (Å²) in [5.74, 6) is 1.45.